The molecule has 1 rings (SSSR count). The molecule has 0 aromatic rings. The lowest BCUT2D eigenvalue weighted by molar-refractivity contribution is 0.0504. The molecule has 0 spiro atoms. The smallest absolute Gasteiger partial charge is 0.0469 e. The lowest BCUT2D eigenvalue weighted by Crippen LogP contribution is -2.43. The Morgan fingerprint density at radius 1 is 1.47 bits per heavy atom. The van der Waals surface area contributed by atoms with Crippen LogP contribution < -0.4 is 11.3 Å². The summed E-state index contributed by atoms with van der Waals surface area (Å²) in [6.45, 7) is 5.44. The Morgan fingerprint density at radius 3 is 2.80 bits per heavy atom. The van der Waals surface area contributed by atoms with Crippen molar-refractivity contribution in [1.82, 2.24) is 5.43 Å². The van der Waals surface area contributed by atoms with Crippen LogP contribution in [0.5, 0.6) is 0 Å². The average molecular weight is 216 g/mol. The Labute approximate surface area is 92.5 Å². The fraction of sp³-hybridized carbons (Fsp3) is 1.00. The van der Waals surface area contributed by atoms with Crippen LogP contribution in [0.15, 0.2) is 0 Å². The summed E-state index contributed by atoms with van der Waals surface area (Å²) < 4.78 is 10.7. The van der Waals surface area contributed by atoms with Crippen molar-refractivity contribution < 1.29 is 9.47 Å². The highest BCUT2D eigenvalue weighted by atomic mass is 16.5. The van der Waals surface area contributed by atoms with Crippen molar-refractivity contribution in [2.24, 2.45) is 11.8 Å². The highest BCUT2D eigenvalue weighted by Crippen LogP contribution is 2.21. The van der Waals surface area contributed by atoms with Crippen molar-refractivity contribution in [2.75, 3.05) is 26.4 Å². The molecule has 1 saturated heterocycles. The number of hydrazine groups is 1. The molecular weight excluding hydrogens is 192 g/mol. The molecule has 1 fully saturated rings. The summed E-state index contributed by atoms with van der Waals surface area (Å²) in [7, 11) is 0. The Kier molecular flexibility index (Phi) is 6.92. The number of nitrogens with one attached hydrogen (secondary N) is 1. The van der Waals surface area contributed by atoms with E-state index in [1.165, 1.54) is 0 Å². The van der Waals surface area contributed by atoms with Crippen LogP contribution in [0.1, 0.15) is 32.6 Å². The first-order valence-electron chi connectivity index (χ1n) is 6.00. The third-order valence-electron chi connectivity index (χ3n) is 3.06. The minimum Gasteiger partial charge on any atom is -0.382 e. The van der Waals surface area contributed by atoms with Gasteiger partial charge in [-0.05, 0) is 38.5 Å². The van der Waals surface area contributed by atoms with E-state index in [9.17, 15) is 0 Å². The molecule has 1 heterocycles. The van der Waals surface area contributed by atoms with Gasteiger partial charge in [0.05, 0.1) is 0 Å². The SMILES string of the molecule is CCOCCCC(NN)C1CCOCC1. The number of rotatable bonds is 7. The Hall–Kier alpha value is -0.160. The monoisotopic (exact) mass is 216 g/mol. The third kappa shape index (κ3) is 4.93. The fourth-order valence-corrected chi connectivity index (χ4v) is 2.12. The number of nitrogens with two attached hydrogens (primary N) is 1. The molecule has 1 aliphatic rings. The van der Waals surface area contributed by atoms with Gasteiger partial charge in [-0.25, -0.2) is 0 Å². The van der Waals surface area contributed by atoms with Gasteiger partial charge < -0.3 is 9.47 Å². The molecule has 0 radical (unpaired) electrons. The average Bonchev–Trinajstić information content (AvgIpc) is 2.30. The van der Waals surface area contributed by atoms with E-state index in [0.717, 1.165) is 52.1 Å². The van der Waals surface area contributed by atoms with Crippen LogP contribution in [0.25, 0.3) is 0 Å². The van der Waals surface area contributed by atoms with Crippen LogP contribution in [0.2, 0.25) is 0 Å². The van der Waals surface area contributed by atoms with Crippen LogP contribution in [0.4, 0.5) is 0 Å². The second-order valence-corrected chi connectivity index (χ2v) is 4.06. The second kappa shape index (κ2) is 8.05. The van der Waals surface area contributed by atoms with E-state index >= 15 is 0 Å². The van der Waals surface area contributed by atoms with Crippen LogP contribution in [-0.4, -0.2) is 32.5 Å². The first-order chi connectivity index (χ1) is 7.38. The largest absolute Gasteiger partial charge is 0.382 e. The van der Waals surface area contributed by atoms with Crippen LogP contribution >= 0.6 is 0 Å². The maximum Gasteiger partial charge on any atom is 0.0469 e. The summed E-state index contributed by atoms with van der Waals surface area (Å²) in [6.07, 6.45) is 4.44. The molecule has 15 heavy (non-hydrogen) atoms. The van der Waals surface area contributed by atoms with Gasteiger partial charge in [0, 0.05) is 32.5 Å². The van der Waals surface area contributed by atoms with Crippen molar-refractivity contribution in [2.45, 2.75) is 38.6 Å². The summed E-state index contributed by atoms with van der Waals surface area (Å²) in [5.74, 6) is 6.26. The zero-order valence-electron chi connectivity index (χ0n) is 9.71. The molecule has 1 aliphatic heterocycles. The van der Waals surface area contributed by atoms with Gasteiger partial charge in [0.1, 0.15) is 0 Å². The van der Waals surface area contributed by atoms with E-state index in [1.807, 2.05) is 6.92 Å². The summed E-state index contributed by atoms with van der Waals surface area (Å²) in [6, 6.07) is 0.425. The minimum absolute atomic E-state index is 0.425. The Balaban J connectivity index is 2.15. The van der Waals surface area contributed by atoms with Crippen molar-refractivity contribution in [3.8, 4) is 0 Å². The normalized spacial score (nSPS) is 20.4. The predicted molar refractivity (Wildman–Crippen MR) is 60.4 cm³/mol. The summed E-state index contributed by atoms with van der Waals surface area (Å²) in [4.78, 5) is 0. The lowest BCUT2D eigenvalue weighted by atomic mass is 9.89. The number of hydrogen-bond donors (Lipinski definition) is 2. The molecule has 3 N–H and O–H groups in total. The number of ether oxygens (including phenoxy) is 2. The van der Waals surface area contributed by atoms with Crippen molar-refractivity contribution >= 4 is 0 Å². The molecule has 4 heteroatoms. The van der Waals surface area contributed by atoms with E-state index in [2.05, 4.69) is 5.43 Å². The molecule has 0 saturated carbocycles. The molecule has 1 atom stereocenters. The van der Waals surface area contributed by atoms with Gasteiger partial charge >= 0.3 is 0 Å². The second-order valence-electron chi connectivity index (χ2n) is 4.06. The van der Waals surface area contributed by atoms with Crippen molar-refractivity contribution in [1.29, 1.82) is 0 Å². The van der Waals surface area contributed by atoms with E-state index < -0.39 is 0 Å². The van der Waals surface area contributed by atoms with Gasteiger partial charge in [-0.15, -0.1) is 0 Å². The Morgan fingerprint density at radius 2 is 2.20 bits per heavy atom. The molecule has 0 amide bonds. The van der Waals surface area contributed by atoms with E-state index in [0.29, 0.717) is 12.0 Å². The highest BCUT2D eigenvalue weighted by molar-refractivity contribution is 4.76. The molecule has 0 bridgehead atoms. The quantitative estimate of drug-likeness (QED) is 0.379. The first-order valence-corrected chi connectivity index (χ1v) is 6.00. The van der Waals surface area contributed by atoms with Gasteiger partial charge in [-0.3, -0.25) is 11.3 Å². The van der Waals surface area contributed by atoms with Gasteiger partial charge in [-0.1, -0.05) is 0 Å². The standard InChI is InChI=1S/C11H24N2O2/c1-2-14-7-3-4-11(13-12)10-5-8-15-9-6-10/h10-11,13H,2-9,12H2,1H3. The van der Waals surface area contributed by atoms with Gasteiger partial charge in [0.2, 0.25) is 0 Å². The third-order valence-corrected chi connectivity index (χ3v) is 3.06. The summed E-state index contributed by atoms with van der Waals surface area (Å²) >= 11 is 0. The fourth-order valence-electron chi connectivity index (χ4n) is 2.12. The van der Waals surface area contributed by atoms with Crippen LogP contribution in [0, 0.1) is 5.92 Å². The topological polar surface area (TPSA) is 56.5 Å². The molecule has 0 aromatic heterocycles. The zero-order chi connectivity index (χ0) is 10.9. The molecule has 0 aliphatic carbocycles. The van der Waals surface area contributed by atoms with E-state index in [4.69, 9.17) is 15.3 Å². The van der Waals surface area contributed by atoms with Crippen molar-refractivity contribution in [3.63, 3.8) is 0 Å². The Bertz CT molecular complexity index is 150. The van der Waals surface area contributed by atoms with E-state index in [1.54, 1.807) is 0 Å². The summed E-state index contributed by atoms with van der Waals surface area (Å²) in [5.41, 5.74) is 2.94. The molecule has 1 unspecified atom stereocenters. The number of hydrogen-bond acceptors (Lipinski definition) is 4. The van der Waals surface area contributed by atoms with Crippen molar-refractivity contribution in [3.05, 3.63) is 0 Å². The molecule has 4 nitrogen and oxygen atoms in total. The lowest BCUT2D eigenvalue weighted by Gasteiger charge is -2.29. The molecule has 90 valence electrons. The predicted octanol–water partition coefficient (Wildman–Crippen LogP) is 1.06. The minimum atomic E-state index is 0.425. The molecular formula is C11H24N2O2. The summed E-state index contributed by atoms with van der Waals surface area (Å²) in [5, 5.41) is 0. The molecule has 0 aromatic carbocycles. The van der Waals surface area contributed by atoms with Gasteiger partial charge in [-0.2, -0.15) is 0 Å². The van der Waals surface area contributed by atoms with Crippen LogP contribution in [0.3, 0.4) is 0 Å². The van der Waals surface area contributed by atoms with Crippen LogP contribution in [-0.2, 0) is 9.47 Å². The van der Waals surface area contributed by atoms with Gasteiger partial charge in [0.25, 0.3) is 0 Å². The van der Waals surface area contributed by atoms with E-state index in [-0.39, 0.29) is 0 Å². The maximum atomic E-state index is 5.59. The first kappa shape index (κ1) is 12.9. The maximum absolute atomic E-state index is 5.59. The highest BCUT2D eigenvalue weighted by Gasteiger charge is 2.22. The van der Waals surface area contributed by atoms with Gasteiger partial charge in [0.15, 0.2) is 0 Å². The zero-order valence-corrected chi connectivity index (χ0v) is 9.71.